The lowest BCUT2D eigenvalue weighted by molar-refractivity contribution is -0.428. The highest BCUT2D eigenvalue weighted by Crippen LogP contribution is 2.23. The molecule has 0 radical (unpaired) electrons. The molecule has 1 rings (SSSR count). The lowest BCUT2D eigenvalue weighted by atomic mass is 10.2. The Morgan fingerprint density at radius 1 is 1.18 bits per heavy atom. The van der Waals surface area contributed by atoms with Crippen LogP contribution in [0.3, 0.4) is 0 Å². The first-order valence-corrected chi connectivity index (χ1v) is 5.30. The number of nitro groups is 2. The molecule has 0 saturated carbocycles. The van der Waals surface area contributed by atoms with E-state index < -0.39 is 21.5 Å². The average Bonchev–Trinajstić information content (AvgIpc) is 2.68. The van der Waals surface area contributed by atoms with Gasteiger partial charge in [-0.1, -0.05) is 24.4 Å². The second-order valence-corrected chi connectivity index (χ2v) is 3.53. The van der Waals surface area contributed by atoms with Crippen molar-refractivity contribution in [2.75, 3.05) is 0 Å². The summed E-state index contributed by atoms with van der Waals surface area (Å²) in [6, 6.07) is 0. The fourth-order valence-electron chi connectivity index (χ4n) is 1.43. The third-order valence-electron chi connectivity index (χ3n) is 2.26. The quantitative estimate of drug-likeness (QED) is 0.408. The minimum absolute atomic E-state index is 0.275. The molecular formula is C8H13N5O4. The van der Waals surface area contributed by atoms with Gasteiger partial charge in [0.15, 0.2) is 0 Å². The highest BCUT2D eigenvalue weighted by Gasteiger charge is 2.34. The summed E-state index contributed by atoms with van der Waals surface area (Å²) in [5.74, 6) is -1.45. The van der Waals surface area contributed by atoms with Gasteiger partial charge in [-0.15, -0.1) is 0 Å². The van der Waals surface area contributed by atoms with E-state index in [4.69, 9.17) is 0 Å². The lowest BCUT2D eigenvalue weighted by Crippen LogP contribution is -2.06. The van der Waals surface area contributed by atoms with Gasteiger partial charge < -0.3 is 20.2 Å². The van der Waals surface area contributed by atoms with Gasteiger partial charge in [-0.2, -0.15) is 0 Å². The average molecular weight is 243 g/mol. The molecule has 9 nitrogen and oxygen atoms in total. The van der Waals surface area contributed by atoms with Crippen LogP contribution < -0.4 is 0 Å². The van der Waals surface area contributed by atoms with Crippen LogP contribution in [0, 0.1) is 20.2 Å². The van der Waals surface area contributed by atoms with Crippen molar-refractivity contribution < 1.29 is 9.85 Å². The predicted molar refractivity (Wildman–Crippen MR) is 57.5 cm³/mol. The maximum absolute atomic E-state index is 10.7. The van der Waals surface area contributed by atoms with E-state index >= 15 is 0 Å². The van der Waals surface area contributed by atoms with E-state index in [-0.39, 0.29) is 6.54 Å². The van der Waals surface area contributed by atoms with E-state index in [9.17, 15) is 20.2 Å². The first-order chi connectivity index (χ1) is 8.07. The Morgan fingerprint density at radius 3 is 2.41 bits per heavy atom. The van der Waals surface area contributed by atoms with Crippen molar-refractivity contribution in [3.8, 4) is 0 Å². The van der Waals surface area contributed by atoms with Crippen molar-refractivity contribution in [1.82, 2.24) is 15.0 Å². The molecule has 0 aliphatic rings. The molecule has 17 heavy (non-hydrogen) atoms. The number of unbranched alkanes of at least 4 members (excludes halogenated alkanes) is 3. The van der Waals surface area contributed by atoms with Gasteiger partial charge in [-0.25, -0.2) is 0 Å². The Morgan fingerprint density at radius 2 is 1.88 bits per heavy atom. The molecule has 0 aliphatic carbocycles. The number of rotatable bonds is 7. The molecule has 1 aromatic heterocycles. The molecule has 9 heteroatoms. The highest BCUT2D eigenvalue weighted by atomic mass is 16.6. The van der Waals surface area contributed by atoms with Crippen LogP contribution in [-0.2, 0) is 6.54 Å². The molecule has 0 fully saturated rings. The van der Waals surface area contributed by atoms with E-state index in [1.807, 2.05) is 6.92 Å². The summed E-state index contributed by atoms with van der Waals surface area (Å²) in [5.41, 5.74) is 0. The van der Waals surface area contributed by atoms with Crippen molar-refractivity contribution in [2.45, 2.75) is 39.2 Å². The smallest absolute Gasteiger partial charge is 0.358 e. The molecule has 0 bridgehead atoms. The van der Waals surface area contributed by atoms with Crippen molar-refractivity contribution in [2.24, 2.45) is 0 Å². The first-order valence-electron chi connectivity index (χ1n) is 5.30. The Labute approximate surface area is 96.7 Å². The predicted octanol–water partition coefficient (Wildman–Crippen LogP) is 1.67. The van der Waals surface area contributed by atoms with Gasteiger partial charge in [0.2, 0.25) is 0 Å². The van der Waals surface area contributed by atoms with Gasteiger partial charge in [0.25, 0.3) is 0 Å². The Balaban J connectivity index is 2.78. The summed E-state index contributed by atoms with van der Waals surface area (Å²) in [5, 5.41) is 27.8. The SMILES string of the molecule is CCCCCCn1nnc([N+](=O)[O-])c1[N+](=O)[O-]. The maximum Gasteiger partial charge on any atom is 0.490 e. The zero-order valence-electron chi connectivity index (χ0n) is 9.40. The van der Waals surface area contributed by atoms with Gasteiger partial charge in [-0.3, -0.25) is 0 Å². The van der Waals surface area contributed by atoms with Crippen LogP contribution in [0.4, 0.5) is 11.6 Å². The molecule has 94 valence electrons. The lowest BCUT2D eigenvalue weighted by Gasteiger charge is -1.97. The molecule has 1 aromatic rings. The summed E-state index contributed by atoms with van der Waals surface area (Å²) in [7, 11) is 0. The number of hydrogen-bond donors (Lipinski definition) is 0. The van der Waals surface area contributed by atoms with Crippen LogP contribution in [0.1, 0.15) is 32.6 Å². The maximum atomic E-state index is 10.7. The largest absolute Gasteiger partial charge is 0.490 e. The van der Waals surface area contributed by atoms with E-state index in [1.54, 1.807) is 0 Å². The number of nitrogens with zero attached hydrogens (tertiary/aromatic N) is 5. The zero-order valence-corrected chi connectivity index (χ0v) is 9.40. The molecule has 0 aliphatic heterocycles. The summed E-state index contributed by atoms with van der Waals surface area (Å²) >= 11 is 0. The van der Waals surface area contributed by atoms with Crippen LogP contribution in [0.5, 0.6) is 0 Å². The fraction of sp³-hybridized carbons (Fsp3) is 0.750. The highest BCUT2D eigenvalue weighted by molar-refractivity contribution is 5.38. The van der Waals surface area contributed by atoms with Crippen LogP contribution in [0.15, 0.2) is 0 Å². The van der Waals surface area contributed by atoms with Crippen molar-refractivity contribution >= 4 is 11.6 Å². The zero-order chi connectivity index (χ0) is 12.8. The van der Waals surface area contributed by atoms with Crippen LogP contribution in [0.25, 0.3) is 0 Å². The number of aryl methyl sites for hydroxylation is 1. The molecule has 0 amide bonds. The Bertz CT molecular complexity index is 416. The first kappa shape index (κ1) is 13.0. The molecule has 0 unspecified atom stereocenters. The molecule has 0 atom stereocenters. The van der Waals surface area contributed by atoms with E-state index in [1.165, 1.54) is 0 Å². The van der Waals surface area contributed by atoms with Crippen LogP contribution in [0.2, 0.25) is 0 Å². The normalized spacial score (nSPS) is 10.4. The monoisotopic (exact) mass is 243 g/mol. The van der Waals surface area contributed by atoms with Crippen molar-refractivity contribution in [3.63, 3.8) is 0 Å². The Kier molecular flexibility index (Phi) is 4.49. The van der Waals surface area contributed by atoms with Gasteiger partial charge >= 0.3 is 11.6 Å². The van der Waals surface area contributed by atoms with Crippen molar-refractivity contribution in [1.29, 1.82) is 0 Å². The summed E-state index contributed by atoms with van der Waals surface area (Å²) in [4.78, 5) is 19.5. The van der Waals surface area contributed by atoms with Gasteiger partial charge in [0.1, 0.15) is 16.9 Å². The van der Waals surface area contributed by atoms with Gasteiger partial charge in [0, 0.05) is 0 Å². The van der Waals surface area contributed by atoms with E-state index in [2.05, 4.69) is 10.3 Å². The molecule has 0 spiro atoms. The molecular weight excluding hydrogens is 230 g/mol. The number of aromatic nitrogens is 3. The summed E-state index contributed by atoms with van der Waals surface area (Å²) in [6.07, 6.45) is 3.65. The molecule has 0 N–H and O–H groups in total. The van der Waals surface area contributed by atoms with E-state index in [0.717, 1.165) is 23.9 Å². The topological polar surface area (TPSA) is 117 Å². The second-order valence-electron chi connectivity index (χ2n) is 3.53. The van der Waals surface area contributed by atoms with Crippen molar-refractivity contribution in [3.05, 3.63) is 20.2 Å². The molecule has 1 heterocycles. The third kappa shape index (κ3) is 3.20. The van der Waals surface area contributed by atoms with Gasteiger partial charge in [-0.05, 0) is 22.7 Å². The summed E-state index contributed by atoms with van der Waals surface area (Å²) < 4.78 is 0.980. The van der Waals surface area contributed by atoms with E-state index in [0.29, 0.717) is 6.42 Å². The minimum atomic E-state index is -0.895. The number of hydrogen-bond acceptors (Lipinski definition) is 6. The van der Waals surface area contributed by atoms with Gasteiger partial charge in [0.05, 0.1) is 0 Å². The standard InChI is InChI=1S/C8H13N5O4/c1-2-3-4-5-6-11-8(13(16)17)7(9-10-11)12(14)15/h2-6H2,1H3. The third-order valence-corrected chi connectivity index (χ3v) is 2.26. The fourth-order valence-corrected chi connectivity index (χ4v) is 1.43. The molecule has 0 aromatic carbocycles. The Hall–Kier alpha value is -2.06. The molecule has 0 saturated heterocycles. The minimum Gasteiger partial charge on any atom is -0.358 e. The van der Waals surface area contributed by atoms with Crippen LogP contribution in [-0.4, -0.2) is 24.8 Å². The summed E-state index contributed by atoms with van der Waals surface area (Å²) in [6.45, 7) is 2.32. The van der Waals surface area contributed by atoms with Crippen LogP contribution >= 0.6 is 0 Å². The second kappa shape index (κ2) is 5.87.